The average molecular weight is 261 g/mol. The zero-order valence-corrected chi connectivity index (χ0v) is 11.5. The predicted molar refractivity (Wildman–Crippen MR) is 72.7 cm³/mol. The van der Waals surface area contributed by atoms with Gasteiger partial charge in [0.15, 0.2) is 5.82 Å². The third kappa shape index (κ3) is 3.21. The molecule has 0 aliphatic rings. The Bertz CT molecular complexity index is 543. The molecular weight excluding hydrogens is 242 g/mol. The molecule has 0 bridgehead atoms. The van der Waals surface area contributed by atoms with Gasteiger partial charge in [-0.25, -0.2) is 0 Å². The first-order chi connectivity index (χ1) is 9.10. The van der Waals surface area contributed by atoms with E-state index in [-0.39, 0.29) is 11.8 Å². The molecule has 0 aliphatic carbocycles. The van der Waals surface area contributed by atoms with Gasteiger partial charge in [0.05, 0.1) is 12.5 Å². The fourth-order valence-electron chi connectivity index (χ4n) is 1.91. The van der Waals surface area contributed by atoms with Crippen molar-refractivity contribution < 1.29 is 4.79 Å². The Morgan fingerprint density at radius 1 is 1.53 bits per heavy atom. The van der Waals surface area contributed by atoms with Crippen LogP contribution in [0.5, 0.6) is 0 Å². The van der Waals surface area contributed by atoms with Gasteiger partial charge in [-0.1, -0.05) is 6.92 Å². The Labute approximate surface area is 112 Å². The van der Waals surface area contributed by atoms with E-state index in [1.807, 2.05) is 43.8 Å². The van der Waals surface area contributed by atoms with Crippen molar-refractivity contribution in [2.24, 2.45) is 5.92 Å². The molecule has 0 saturated heterocycles. The van der Waals surface area contributed by atoms with E-state index in [1.54, 1.807) is 10.9 Å². The lowest BCUT2D eigenvalue weighted by atomic mass is 10.1. The second-order valence-electron chi connectivity index (χ2n) is 4.61. The van der Waals surface area contributed by atoms with Gasteiger partial charge in [-0.2, -0.15) is 10.2 Å². The summed E-state index contributed by atoms with van der Waals surface area (Å²) in [5, 5.41) is 11.2. The number of carbonyl (C=O) groups is 1. The standard InChI is InChI=1S/C13H19N5O/c1-4-18-11(3)8-12(16-18)15-13(19)10(2)9-17-7-5-6-14-17/h5-8,10H,4,9H2,1-3H3,(H,15,16,19)/t10-/m1/s1. The lowest BCUT2D eigenvalue weighted by Gasteiger charge is -2.10. The van der Waals surface area contributed by atoms with E-state index >= 15 is 0 Å². The van der Waals surface area contributed by atoms with Gasteiger partial charge >= 0.3 is 0 Å². The van der Waals surface area contributed by atoms with Crippen molar-refractivity contribution in [2.45, 2.75) is 33.9 Å². The van der Waals surface area contributed by atoms with E-state index in [0.717, 1.165) is 12.2 Å². The van der Waals surface area contributed by atoms with Crippen molar-refractivity contribution in [1.82, 2.24) is 19.6 Å². The summed E-state index contributed by atoms with van der Waals surface area (Å²) in [5.41, 5.74) is 1.04. The zero-order chi connectivity index (χ0) is 13.8. The molecule has 0 unspecified atom stereocenters. The summed E-state index contributed by atoms with van der Waals surface area (Å²) in [5.74, 6) is 0.403. The lowest BCUT2D eigenvalue weighted by Crippen LogP contribution is -2.24. The van der Waals surface area contributed by atoms with Gasteiger partial charge in [0.25, 0.3) is 0 Å². The molecule has 0 spiro atoms. The van der Waals surface area contributed by atoms with Crippen LogP contribution < -0.4 is 5.32 Å². The highest BCUT2D eigenvalue weighted by Crippen LogP contribution is 2.10. The van der Waals surface area contributed by atoms with Crippen LogP contribution in [0.2, 0.25) is 0 Å². The summed E-state index contributed by atoms with van der Waals surface area (Å²) in [6.07, 6.45) is 3.55. The van der Waals surface area contributed by atoms with E-state index in [9.17, 15) is 4.79 Å². The van der Waals surface area contributed by atoms with Crippen LogP contribution in [0.3, 0.4) is 0 Å². The normalized spacial score (nSPS) is 12.4. The Morgan fingerprint density at radius 2 is 2.32 bits per heavy atom. The maximum Gasteiger partial charge on any atom is 0.230 e. The molecule has 19 heavy (non-hydrogen) atoms. The van der Waals surface area contributed by atoms with Gasteiger partial charge < -0.3 is 5.32 Å². The smallest absolute Gasteiger partial charge is 0.230 e. The van der Waals surface area contributed by atoms with Crippen LogP contribution in [0, 0.1) is 12.8 Å². The van der Waals surface area contributed by atoms with E-state index in [0.29, 0.717) is 12.4 Å². The molecule has 0 fully saturated rings. The lowest BCUT2D eigenvalue weighted by molar-refractivity contribution is -0.119. The van der Waals surface area contributed by atoms with Gasteiger partial charge in [0, 0.05) is 30.7 Å². The molecule has 6 heteroatoms. The summed E-state index contributed by atoms with van der Waals surface area (Å²) in [6, 6.07) is 3.72. The third-order valence-corrected chi connectivity index (χ3v) is 3.00. The van der Waals surface area contributed by atoms with Crippen LogP contribution in [0.4, 0.5) is 5.82 Å². The van der Waals surface area contributed by atoms with Crippen molar-refractivity contribution in [2.75, 3.05) is 5.32 Å². The van der Waals surface area contributed by atoms with Crippen LogP contribution in [-0.2, 0) is 17.9 Å². The van der Waals surface area contributed by atoms with Crippen molar-refractivity contribution in [1.29, 1.82) is 0 Å². The Balaban J connectivity index is 1.96. The average Bonchev–Trinajstić information content (AvgIpc) is 2.98. The maximum absolute atomic E-state index is 12.0. The second kappa shape index (κ2) is 5.69. The molecule has 0 aromatic carbocycles. The van der Waals surface area contributed by atoms with E-state index in [1.165, 1.54) is 0 Å². The summed E-state index contributed by atoms with van der Waals surface area (Å²) >= 11 is 0. The summed E-state index contributed by atoms with van der Waals surface area (Å²) in [4.78, 5) is 12.0. The highest BCUT2D eigenvalue weighted by Gasteiger charge is 2.15. The highest BCUT2D eigenvalue weighted by atomic mass is 16.2. The molecule has 1 N–H and O–H groups in total. The van der Waals surface area contributed by atoms with Crippen LogP contribution in [0.15, 0.2) is 24.5 Å². The molecule has 0 radical (unpaired) electrons. The summed E-state index contributed by atoms with van der Waals surface area (Å²) in [7, 11) is 0. The van der Waals surface area contributed by atoms with Gasteiger partial charge in [-0.05, 0) is 19.9 Å². The monoisotopic (exact) mass is 261 g/mol. The Morgan fingerprint density at radius 3 is 2.89 bits per heavy atom. The number of hydrogen-bond donors (Lipinski definition) is 1. The molecule has 6 nitrogen and oxygen atoms in total. The predicted octanol–water partition coefficient (Wildman–Crippen LogP) is 1.68. The molecular formula is C13H19N5O. The van der Waals surface area contributed by atoms with E-state index in [2.05, 4.69) is 15.5 Å². The summed E-state index contributed by atoms with van der Waals surface area (Å²) < 4.78 is 3.61. The van der Waals surface area contributed by atoms with Crippen LogP contribution >= 0.6 is 0 Å². The number of nitrogens with one attached hydrogen (secondary N) is 1. The first-order valence-corrected chi connectivity index (χ1v) is 6.43. The number of hydrogen-bond acceptors (Lipinski definition) is 3. The number of anilines is 1. The topological polar surface area (TPSA) is 64.7 Å². The number of aromatic nitrogens is 4. The minimum Gasteiger partial charge on any atom is -0.309 e. The first-order valence-electron chi connectivity index (χ1n) is 6.43. The zero-order valence-electron chi connectivity index (χ0n) is 11.5. The van der Waals surface area contributed by atoms with Crippen molar-refractivity contribution in [3.05, 3.63) is 30.2 Å². The molecule has 0 saturated carbocycles. The van der Waals surface area contributed by atoms with Crippen LogP contribution in [0.1, 0.15) is 19.5 Å². The minimum absolute atomic E-state index is 0.0451. The molecule has 1 amide bonds. The second-order valence-corrected chi connectivity index (χ2v) is 4.61. The van der Waals surface area contributed by atoms with Gasteiger partial charge in [-0.3, -0.25) is 14.2 Å². The quantitative estimate of drug-likeness (QED) is 0.890. The summed E-state index contributed by atoms with van der Waals surface area (Å²) in [6.45, 7) is 7.22. The molecule has 102 valence electrons. The molecule has 2 aromatic rings. The number of aryl methyl sites for hydroxylation is 2. The Kier molecular flexibility index (Phi) is 3.99. The number of carbonyl (C=O) groups excluding carboxylic acids is 1. The van der Waals surface area contributed by atoms with Gasteiger partial charge in [0.2, 0.25) is 5.91 Å². The van der Waals surface area contributed by atoms with Crippen molar-refractivity contribution in [3.8, 4) is 0 Å². The van der Waals surface area contributed by atoms with Gasteiger partial charge in [0.1, 0.15) is 0 Å². The van der Waals surface area contributed by atoms with Gasteiger partial charge in [-0.15, -0.1) is 0 Å². The third-order valence-electron chi connectivity index (χ3n) is 3.00. The van der Waals surface area contributed by atoms with E-state index < -0.39 is 0 Å². The molecule has 2 aromatic heterocycles. The van der Waals surface area contributed by atoms with Crippen molar-refractivity contribution in [3.63, 3.8) is 0 Å². The Hall–Kier alpha value is -2.11. The maximum atomic E-state index is 12.0. The van der Waals surface area contributed by atoms with Crippen LogP contribution in [-0.4, -0.2) is 25.5 Å². The fourth-order valence-corrected chi connectivity index (χ4v) is 1.91. The number of rotatable bonds is 5. The highest BCUT2D eigenvalue weighted by molar-refractivity contribution is 5.91. The molecule has 2 heterocycles. The molecule has 0 aliphatic heterocycles. The van der Waals surface area contributed by atoms with Crippen molar-refractivity contribution >= 4 is 11.7 Å². The fraction of sp³-hybridized carbons (Fsp3) is 0.462. The SMILES string of the molecule is CCn1nc(NC(=O)[C@H](C)Cn2cccn2)cc1C. The largest absolute Gasteiger partial charge is 0.309 e. The number of nitrogens with zero attached hydrogens (tertiary/aromatic N) is 4. The minimum atomic E-state index is -0.160. The molecule has 2 rings (SSSR count). The number of amides is 1. The first kappa shape index (κ1) is 13.3. The van der Waals surface area contributed by atoms with E-state index in [4.69, 9.17) is 0 Å². The molecule has 1 atom stereocenters. The van der Waals surface area contributed by atoms with Crippen LogP contribution in [0.25, 0.3) is 0 Å².